The van der Waals surface area contributed by atoms with E-state index < -0.39 is 0 Å². The van der Waals surface area contributed by atoms with Crippen LogP contribution < -0.4 is 5.32 Å². The van der Waals surface area contributed by atoms with Crippen molar-refractivity contribution in [1.82, 2.24) is 35.8 Å². The number of hydrogen-bond donors (Lipinski definition) is 2. The Hall–Kier alpha value is -1.77. The summed E-state index contributed by atoms with van der Waals surface area (Å²) in [7, 11) is 0. The number of rotatable bonds is 3. The molecule has 0 aliphatic heterocycles. The van der Waals surface area contributed by atoms with Gasteiger partial charge < -0.3 is 5.32 Å². The smallest absolute Gasteiger partial charge is 0.268 e. The fraction of sp³-hybridized carbons (Fsp3) is 0.200. The van der Waals surface area contributed by atoms with Gasteiger partial charge in [-0.15, -0.1) is 10.2 Å². The third kappa shape index (κ3) is 1.93. The molecule has 0 saturated carbocycles. The summed E-state index contributed by atoms with van der Waals surface area (Å²) in [6.45, 7) is 0. The number of hydrogen-bond acceptors (Lipinski definition) is 8. The van der Waals surface area contributed by atoms with E-state index in [9.17, 15) is 0 Å². The molecule has 2 heterocycles. The molecule has 2 N–H and O–H groups in total. The predicted octanol–water partition coefficient (Wildman–Crippen LogP) is -0.150. The number of thioether (sulfide) groups is 1. The Bertz CT molecular complexity index is 400. The van der Waals surface area contributed by atoms with Gasteiger partial charge in [0.15, 0.2) is 5.82 Å². The van der Waals surface area contributed by atoms with E-state index in [-0.39, 0.29) is 0 Å². The molecule has 2 aromatic heterocycles. The van der Waals surface area contributed by atoms with Gasteiger partial charge in [-0.1, -0.05) is 16.9 Å². The van der Waals surface area contributed by atoms with Crippen LogP contribution in [0.3, 0.4) is 0 Å². The molecule has 8 nitrogen and oxygen atoms in total. The predicted molar refractivity (Wildman–Crippen MR) is 49.1 cm³/mol. The minimum Gasteiger partial charge on any atom is -0.305 e. The third-order valence-corrected chi connectivity index (χ3v) is 1.85. The minimum absolute atomic E-state index is 0.345. The monoisotopic (exact) mass is 210 g/mol. The summed E-state index contributed by atoms with van der Waals surface area (Å²) in [6.07, 6.45) is 3.35. The molecule has 0 amide bonds. The van der Waals surface area contributed by atoms with Crippen molar-refractivity contribution in [2.45, 2.75) is 5.16 Å². The second-order valence-corrected chi connectivity index (χ2v) is 2.96. The highest BCUT2D eigenvalue weighted by Crippen LogP contribution is 2.11. The quantitative estimate of drug-likeness (QED) is 0.674. The fourth-order valence-corrected chi connectivity index (χ4v) is 1.08. The van der Waals surface area contributed by atoms with E-state index in [1.807, 2.05) is 6.26 Å². The summed E-state index contributed by atoms with van der Waals surface area (Å²) in [6, 6.07) is 0. The maximum atomic E-state index is 4.12. The Morgan fingerprint density at radius 2 is 2.36 bits per heavy atom. The molecule has 0 atom stereocenters. The van der Waals surface area contributed by atoms with Crippen molar-refractivity contribution in [2.24, 2.45) is 0 Å². The van der Waals surface area contributed by atoms with Crippen molar-refractivity contribution in [1.29, 1.82) is 0 Å². The molecule has 72 valence electrons. The summed E-state index contributed by atoms with van der Waals surface area (Å²) in [5.41, 5.74) is 0. The van der Waals surface area contributed by atoms with Gasteiger partial charge in [0.1, 0.15) is 0 Å². The first kappa shape index (κ1) is 8.81. The largest absolute Gasteiger partial charge is 0.305 e. The highest BCUT2D eigenvalue weighted by atomic mass is 32.2. The van der Waals surface area contributed by atoms with Gasteiger partial charge in [-0.25, -0.2) is 4.98 Å². The molecular weight excluding hydrogens is 204 g/mol. The highest BCUT2D eigenvalue weighted by molar-refractivity contribution is 7.98. The topological polar surface area (TPSA) is 105 Å². The maximum absolute atomic E-state index is 4.12. The van der Waals surface area contributed by atoms with Gasteiger partial charge in [0.25, 0.3) is 5.95 Å². The van der Waals surface area contributed by atoms with E-state index in [0.29, 0.717) is 16.9 Å². The number of aromatic nitrogens is 7. The number of anilines is 2. The standard InChI is InChI=1S/C5H6N8S/c1-14-5-8-3(2-6-11-5)7-4-9-12-13-10-4/h2H,1H3,(H2,7,8,9,10,11,12,13). The average Bonchev–Trinajstić information content (AvgIpc) is 2.71. The van der Waals surface area contributed by atoms with E-state index in [2.05, 4.69) is 41.1 Å². The number of tetrazole rings is 1. The Labute approximate surface area is 82.9 Å². The van der Waals surface area contributed by atoms with Crippen LogP contribution in [0.4, 0.5) is 11.8 Å². The molecule has 0 radical (unpaired) electrons. The van der Waals surface area contributed by atoms with E-state index in [1.54, 1.807) is 0 Å². The van der Waals surface area contributed by atoms with Crippen LogP contribution in [0.15, 0.2) is 11.4 Å². The molecule has 9 heteroatoms. The van der Waals surface area contributed by atoms with Crippen LogP contribution in [0.1, 0.15) is 0 Å². The second kappa shape index (κ2) is 3.96. The molecule has 0 unspecified atom stereocenters. The van der Waals surface area contributed by atoms with Gasteiger partial charge in [0.05, 0.1) is 6.20 Å². The molecule has 0 spiro atoms. The lowest BCUT2D eigenvalue weighted by molar-refractivity contribution is 0.844. The van der Waals surface area contributed by atoms with Gasteiger partial charge >= 0.3 is 0 Å². The first-order valence-electron chi connectivity index (χ1n) is 3.62. The Kier molecular flexibility index (Phi) is 2.49. The summed E-state index contributed by atoms with van der Waals surface area (Å²) in [4.78, 5) is 4.12. The number of nitrogens with zero attached hydrogens (tertiary/aromatic N) is 6. The van der Waals surface area contributed by atoms with Crippen LogP contribution in [-0.2, 0) is 0 Å². The average molecular weight is 210 g/mol. The van der Waals surface area contributed by atoms with Crippen molar-refractivity contribution in [3.05, 3.63) is 6.20 Å². The number of aromatic amines is 1. The zero-order valence-corrected chi connectivity index (χ0v) is 7.99. The summed E-state index contributed by atoms with van der Waals surface area (Å²) >= 11 is 1.41. The summed E-state index contributed by atoms with van der Waals surface area (Å²) in [5, 5.41) is 24.1. The zero-order chi connectivity index (χ0) is 9.80. The van der Waals surface area contributed by atoms with Gasteiger partial charge in [-0.3, -0.25) is 0 Å². The van der Waals surface area contributed by atoms with Crippen LogP contribution in [-0.4, -0.2) is 42.1 Å². The van der Waals surface area contributed by atoms with Gasteiger partial charge in [0.2, 0.25) is 5.16 Å². The second-order valence-electron chi connectivity index (χ2n) is 2.19. The molecular formula is C5H6N8S. The highest BCUT2D eigenvalue weighted by Gasteiger charge is 2.01. The van der Waals surface area contributed by atoms with Crippen molar-refractivity contribution in [3.63, 3.8) is 0 Å². The first-order chi connectivity index (χ1) is 6.88. The minimum atomic E-state index is 0.345. The van der Waals surface area contributed by atoms with Crippen LogP contribution >= 0.6 is 11.8 Å². The van der Waals surface area contributed by atoms with Gasteiger partial charge in [-0.05, 0) is 11.5 Å². The maximum Gasteiger partial charge on any atom is 0.268 e. The normalized spacial score (nSPS) is 10.1. The SMILES string of the molecule is CSc1nncc(Nc2nn[nH]n2)n1. The molecule has 14 heavy (non-hydrogen) atoms. The van der Waals surface area contributed by atoms with Crippen molar-refractivity contribution in [3.8, 4) is 0 Å². The van der Waals surface area contributed by atoms with Gasteiger partial charge in [0, 0.05) is 0 Å². The lowest BCUT2D eigenvalue weighted by Crippen LogP contribution is -1.99. The van der Waals surface area contributed by atoms with Crippen molar-refractivity contribution in [2.75, 3.05) is 11.6 Å². The third-order valence-electron chi connectivity index (χ3n) is 1.31. The van der Waals surface area contributed by atoms with Crippen LogP contribution in [0.5, 0.6) is 0 Å². The van der Waals surface area contributed by atoms with Crippen LogP contribution in [0.25, 0.3) is 0 Å². The zero-order valence-electron chi connectivity index (χ0n) is 7.17. The molecule has 0 fully saturated rings. The van der Waals surface area contributed by atoms with Crippen LogP contribution in [0.2, 0.25) is 0 Å². The molecule has 0 saturated heterocycles. The molecule has 0 aliphatic carbocycles. The molecule has 2 aromatic rings. The molecule has 0 aromatic carbocycles. The molecule has 2 rings (SSSR count). The Balaban J connectivity index is 2.17. The Morgan fingerprint density at radius 1 is 1.43 bits per heavy atom. The number of nitrogens with one attached hydrogen (secondary N) is 2. The van der Waals surface area contributed by atoms with E-state index in [0.717, 1.165) is 0 Å². The van der Waals surface area contributed by atoms with Crippen molar-refractivity contribution < 1.29 is 0 Å². The molecule has 0 aliphatic rings. The van der Waals surface area contributed by atoms with Gasteiger partial charge in [-0.2, -0.15) is 10.3 Å². The van der Waals surface area contributed by atoms with E-state index in [1.165, 1.54) is 18.0 Å². The summed E-state index contributed by atoms with van der Waals surface area (Å²) in [5.74, 6) is 0.878. The van der Waals surface area contributed by atoms with Crippen LogP contribution in [0, 0.1) is 0 Å². The summed E-state index contributed by atoms with van der Waals surface area (Å²) < 4.78 is 0. The fourth-order valence-electron chi connectivity index (χ4n) is 0.763. The Morgan fingerprint density at radius 3 is 3.07 bits per heavy atom. The van der Waals surface area contributed by atoms with E-state index >= 15 is 0 Å². The van der Waals surface area contributed by atoms with Crippen molar-refractivity contribution >= 4 is 23.5 Å². The first-order valence-corrected chi connectivity index (χ1v) is 4.85. The molecule has 0 bridgehead atoms. The van der Waals surface area contributed by atoms with E-state index in [4.69, 9.17) is 0 Å². The lowest BCUT2D eigenvalue weighted by atomic mass is 10.7. The lowest BCUT2D eigenvalue weighted by Gasteiger charge is -1.99. The number of H-pyrrole nitrogens is 1.